The van der Waals surface area contributed by atoms with Gasteiger partial charge in [-0.25, -0.2) is 0 Å². The van der Waals surface area contributed by atoms with E-state index in [1.165, 1.54) is 94.8 Å². The van der Waals surface area contributed by atoms with E-state index in [9.17, 15) is 24.0 Å². The van der Waals surface area contributed by atoms with Crippen LogP contribution < -0.4 is 19.1 Å². The second-order valence-corrected chi connectivity index (χ2v) is 13.8. The quantitative estimate of drug-likeness (QED) is 0.0774. The maximum absolute atomic E-state index is 11.6. The van der Waals surface area contributed by atoms with E-state index in [1.807, 2.05) is 0 Å². The van der Waals surface area contributed by atoms with Crippen molar-refractivity contribution in [3.05, 3.63) is 42.5 Å². The molecule has 0 aromatic heterocycles. The lowest BCUT2D eigenvalue weighted by Gasteiger charge is -2.22. The van der Waals surface area contributed by atoms with Crippen molar-refractivity contribution in [3.63, 3.8) is 0 Å². The smallest absolute Gasteiger partial charge is 0.323 e. The van der Waals surface area contributed by atoms with Crippen molar-refractivity contribution in [1.82, 2.24) is 0 Å². The number of carboxylic acid groups (broad SMARTS) is 2. The van der Waals surface area contributed by atoms with Crippen LogP contribution in [0.5, 0.6) is 17.2 Å². The van der Waals surface area contributed by atoms with Crippen molar-refractivity contribution in [2.45, 2.75) is 121 Å². The zero-order valence-corrected chi connectivity index (χ0v) is 30.1. The van der Waals surface area contributed by atoms with E-state index < -0.39 is 35.8 Å². The molecule has 2 aromatic carbocycles. The van der Waals surface area contributed by atoms with Crippen molar-refractivity contribution < 1.29 is 38.2 Å². The zero-order chi connectivity index (χ0) is 34.8. The second kappa shape index (κ2) is 25.7. The third-order valence-electron chi connectivity index (χ3n) is 8.13. The van der Waals surface area contributed by atoms with E-state index in [4.69, 9.17) is 14.2 Å². The highest BCUT2D eigenvalue weighted by Gasteiger charge is 2.17. The highest BCUT2D eigenvalue weighted by Crippen LogP contribution is 2.29. The van der Waals surface area contributed by atoms with Gasteiger partial charge in [0.1, 0.15) is 30.3 Å². The Morgan fingerprint density at radius 2 is 0.979 bits per heavy atom. The van der Waals surface area contributed by atoms with Crippen molar-refractivity contribution in [2.24, 2.45) is 0 Å². The van der Waals surface area contributed by atoms with Gasteiger partial charge in [0.2, 0.25) is 0 Å². The van der Waals surface area contributed by atoms with Gasteiger partial charge in [-0.1, -0.05) is 103 Å². The molecule has 270 valence electrons. The van der Waals surface area contributed by atoms with Crippen molar-refractivity contribution in [1.29, 1.82) is 0 Å². The maximum atomic E-state index is 11.6. The zero-order valence-electron chi connectivity index (χ0n) is 29.3. The van der Waals surface area contributed by atoms with Gasteiger partial charge in [-0.2, -0.15) is 0 Å². The molecule has 10 heteroatoms. The Bertz CT molecular complexity index is 1170. The molecule has 1 unspecified atom stereocenters. The van der Waals surface area contributed by atoms with Crippen molar-refractivity contribution >= 4 is 28.4 Å². The molecule has 0 saturated heterocycles. The highest BCUT2D eigenvalue weighted by atomic mass is 32.2. The monoisotopic (exact) mass is 689 g/mol. The standard InChI is InChI=1S/C38H59NO8S/c1-3-4-5-6-7-8-9-10-11-12-13-14-15-16-17-18-24-46-34-27-32(39(30-37(40)41)31-38(42)43)28-35(29-34)47-26-19-25-45-33-20-22-36(23-21-33)48(2)44/h20-23,27-29H,3-19,24-26,30-31H2,1-2H3,(H,40,41)(H,42,43). The number of unbranched alkanes of at least 4 members (excludes halogenated alkanes) is 15. The van der Waals surface area contributed by atoms with Crippen LogP contribution >= 0.6 is 0 Å². The number of carboxylic acids is 2. The number of carbonyl (C=O) groups is 2. The fourth-order valence-electron chi connectivity index (χ4n) is 5.48. The first kappa shape index (κ1) is 40.9. The molecule has 0 amide bonds. The second-order valence-electron chi connectivity index (χ2n) is 12.4. The summed E-state index contributed by atoms with van der Waals surface area (Å²) in [6, 6.07) is 12.2. The van der Waals surface area contributed by atoms with Gasteiger partial charge >= 0.3 is 11.9 Å². The normalized spacial score (nSPS) is 11.6. The summed E-state index contributed by atoms with van der Waals surface area (Å²) in [6.07, 6.45) is 22.9. The molecule has 0 heterocycles. The third-order valence-corrected chi connectivity index (χ3v) is 9.07. The fraction of sp³-hybridized carbons (Fsp3) is 0.632. The third kappa shape index (κ3) is 19.5. The number of benzene rings is 2. The van der Waals surface area contributed by atoms with Crippen LogP contribution in [-0.2, 0) is 20.4 Å². The van der Waals surface area contributed by atoms with Gasteiger partial charge in [0.25, 0.3) is 0 Å². The topological polar surface area (TPSA) is 123 Å². The van der Waals surface area contributed by atoms with E-state index in [1.54, 1.807) is 48.7 Å². The summed E-state index contributed by atoms with van der Waals surface area (Å²) in [5.41, 5.74) is 0.406. The SMILES string of the molecule is CCCCCCCCCCCCCCCCCCOc1cc(OCCCOc2ccc(S(C)=O)cc2)cc(N(CC(=O)O)CC(=O)O)c1. The van der Waals surface area contributed by atoms with Gasteiger partial charge in [0.15, 0.2) is 0 Å². The Hall–Kier alpha value is -3.27. The van der Waals surface area contributed by atoms with Crippen LogP contribution in [0.1, 0.15) is 116 Å². The molecule has 0 radical (unpaired) electrons. The molecule has 2 N–H and O–H groups in total. The number of ether oxygens (including phenoxy) is 3. The molecule has 2 rings (SSSR count). The molecule has 1 atom stereocenters. The lowest BCUT2D eigenvalue weighted by atomic mass is 10.0. The summed E-state index contributed by atoms with van der Waals surface area (Å²) in [4.78, 5) is 24.9. The molecule has 0 bridgehead atoms. The number of aliphatic carboxylic acids is 2. The molecule has 9 nitrogen and oxygen atoms in total. The minimum absolute atomic E-state index is 0.330. The van der Waals surface area contributed by atoms with Crippen LogP contribution in [0.25, 0.3) is 0 Å². The van der Waals surface area contributed by atoms with Gasteiger partial charge in [0, 0.05) is 52.3 Å². The van der Waals surface area contributed by atoms with E-state index in [0.29, 0.717) is 49.2 Å². The van der Waals surface area contributed by atoms with E-state index in [2.05, 4.69) is 6.92 Å². The summed E-state index contributed by atoms with van der Waals surface area (Å²) in [6.45, 7) is 2.58. The molecule has 2 aromatic rings. The van der Waals surface area contributed by atoms with Crippen molar-refractivity contribution in [3.8, 4) is 17.2 Å². The summed E-state index contributed by atoms with van der Waals surface area (Å²) in [5, 5.41) is 18.7. The number of anilines is 1. The highest BCUT2D eigenvalue weighted by molar-refractivity contribution is 7.84. The summed E-state index contributed by atoms with van der Waals surface area (Å²) in [7, 11) is -1.04. The number of nitrogens with zero attached hydrogens (tertiary/aromatic N) is 1. The number of rotatable bonds is 30. The van der Waals surface area contributed by atoms with Gasteiger partial charge in [0.05, 0.1) is 19.8 Å². The lowest BCUT2D eigenvalue weighted by Crippen LogP contribution is -2.34. The fourth-order valence-corrected chi connectivity index (χ4v) is 6.00. The molecule has 0 aliphatic heterocycles. The Morgan fingerprint density at radius 1 is 0.583 bits per heavy atom. The molecule has 0 fully saturated rings. The Labute approximate surface area is 290 Å². The van der Waals surface area contributed by atoms with E-state index in [0.717, 1.165) is 17.7 Å². The molecule has 0 aliphatic rings. The van der Waals surface area contributed by atoms with Crippen LogP contribution in [-0.4, -0.2) is 65.5 Å². The molecule has 0 saturated carbocycles. The largest absolute Gasteiger partial charge is 0.493 e. The first-order chi connectivity index (χ1) is 23.3. The average Bonchev–Trinajstić information content (AvgIpc) is 3.05. The minimum atomic E-state index is -1.13. The van der Waals surface area contributed by atoms with Crippen LogP contribution in [0.15, 0.2) is 47.4 Å². The first-order valence-corrected chi connectivity index (χ1v) is 19.5. The molecule has 48 heavy (non-hydrogen) atoms. The van der Waals surface area contributed by atoms with Gasteiger partial charge in [-0.3, -0.25) is 13.8 Å². The molecular formula is C38H59NO8S. The average molecular weight is 690 g/mol. The molecular weight excluding hydrogens is 630 g/mol. The van der Waals surface area contributed by atoms with Crippen LogP contribution in [0.2, 0.25) is 0 Å². The van der Waals surface area contributed by atoms with Crippen LogP contribution in [0.3, 0.4) is 0 Å². The van der Waals surface area contributed by atoms with E-state index in [-0.39, 0.29) is 0 Å². The van der Waals surface area contributed by atoms with E-state index >= 15 is 0 Å². The summed E-state index contributed by atoms with van der Waals surface area (Å²) >= 11 is 0. The Kier molecular flexibility index (Phi) is 21.9. The minimum Gasteiger partial charge on any atom is -0.493 e. The molecule has 0 spiro atoms. The van der Waals surface area contributed by atoms with Gasteiger partial charge in [-0.05, 0) is 30.7 Å². The molecule has 0 aliphatic carbocycles. The Balaban J connectivity index is 1.74. The predicted octanol–water partition coefficient (Wildman–Crippen LogP) is 8.89. The summed E-state index contributed by atoms with van der Waals surface area (Å²) < 4.78 is 29.3. The Morgan fingerprint density at radius 3 is 1.40 bits per heavy atom. The predicted molar refractivity (Wildman–Crippen MR) is 193 cm³/mol. The van der Waals surface area contributed by atoms with Crippen LogP contribution in [0, 0.1) is 0 Å². The number of hydrogen-bond acceptors (Lipinski definition) is 7. The first-order valence-electron chi connectivity index (χ1n) is 17.9. The van der Waals surface area contributed by atoms with Gasteiger partial charge in [-0.15, -0.1) is 0 Å². The van der Waals surface area contributed by atoms with Crippen molar-refractivity contribution in [2.75, 3.05) is 44.1 Å². The van der Waals surface area contributed by atoms with Crippen LogP contribution in [0.4, 0.5) is 5.69 Å². The lowest BCUT2D eigenvalue weighted by molar-refractivity contribution is -0.136. The maximum Gasteiger partial charge on any atom is 0.323 e. The van der Waals surface area contributed by atoms with Gasteiger partial charge < -0.3 is 29.3 Å². The number of hydrogen-bond donors (Lipinski definition) is 2. The summed E-state index contributed by atoms with van der Waals surface area (Å²) in [5.74, 6) is -0.616.